The molecule has 1 N–H and O–H groups in total. The summed E-state index contributed by atoms with van der Waals surface area (Å²) in [4.78, 5) is 19.7. The molecule has 0 unspecified atom stereocenters. The van der Waals surface area contributed by atoms with Gasteiger partial charge in [-0.25, -0.2) is 4.98 Å². The lowest BCUT2D eigenvalue weighted by atomic mass is 10.2. The zero-order valence-corrected chi connectivity index (χ0v) is 17.6. The van der Waals surface area contributed by atoms with E-state index in [1.54, 1.807) is 12.4 Å². The summed E-state index contributed by atoms with van der Waals surface area (Å²) in [5.41, 5.74) is 2.68. The number of nitrogens with one attached hydrogen (secondary N) is 1. The molecule has 0 aliphatic carbocycles. The number of aromatic nitrogens is 5. The number of thiazole rings is 1. The fourth-order valence-electron chi connectivity index (χ4n) is 2.59. The molecule has 4 aromatic rings. The van der Waals surface area contributed by atoms with E-state index in [0.717, 1.165) is 27.9 Å². The number of hydrogen-bond acceptors (Lipinski definition) is 7. The van der Waals surface area contributed by atoms with Crippen LogP contribution in [0.25, 0.3) is 17.1 Å². The van der Waals surface area contributed by atoms with Crippen molar-refractivity contribution < 1.29 is 4.79 Å². The van der Waals surface area contributed by atoms with Crippen molar-refractivity contribution in [2.75, 3.05) is 5.32 Å². The Labute approximate surface area is 180 Å². The molecule has 0 saturated carbocycles. The molecule has 0 atom stereocenters. The number of benzene rings is 1. The number of nitrogens with zero attached hydrogens (tertiary/aromatic N) is 5. The zero-order valence-electron chi connectivity index (χ0n) is 15.2. The second-order valence-electron chi connectivity index (χ2n) is 5.97. The Morgan fingerprint density at radius 3 is 2.66 bits per heavy atom. The van der Waals surface area contributed by atoms with Crippen molar-refractivity contribution in [3.63, 3.8) is 0 Å². The van der Waals surface area contributed by atoms with Crippen LogP contribution in [0.2, 0.25) is 5.02 Å². The van der Waals surface area contributed by atoms with E-state index >= 15 is 0 Å². The molecule has 0 spiro atoms. The fraction of sp³-hybridized carbons (Fsp3) is 0.105. The summed E-state index contributed by atoms with van der Waals surface area (Å²) in [5, 5.41) is 15.4. The second-order valence-corrected chi connectivity index (χ2v) is 8.20. The van der Waals surface area contributed by atoms with Gasteiger partial charge >= 0.3 is 0 Å². The molecule has 10 heteroatoms. The average molecular weight is 443 g/mol. The predicted molar refractivity (Wildman–Crippen MR) is 116 cm³/mol. The maximum Gasteiger partial charge on any atom is 0.223 e. The Bertz CT molecular complexity index is 1130. The number of carbonyl (C=O) groups is 1. The van der Waals surface area contributed by atoms with Crippen LogP contribution in [0.1, 0.15) is 12.6 Å². The summed E-state index contributed by atoms with van der Waals surface area (Å²) in [6.45, 7) is 1.46. The van der Waals surface area contributed by atoms with Gasteiger partial charge in [-0.15, -0.1) is 21.5 Å². The Balaban J connectivity index is 1.64. The topological polar surface area (TPSA) is 85.6 Å². The Morgan fingerprint density at radius 1 is 1.17 bits per heavy atom. The summed E-state index contributed by atoms with van der Waals surface area (Å²) >= 11 is 8.97. The van der Waals surface area contributed by atoms with E-state index < -0.39 is 0 Å². The first-order chi connectivity index (χ1) is 14.1. The number of thioether (sulfide) groups is 1. The molecule has 1 aromatic carbocycles. The largest absolute Gasteiger partial charge is 0.302 e. The lowest BCUT2D eigenvalue weighted by molar-refractivity contribution is -0.114. The van der Waals surface area contributed by atoms with Gasteiger partial charge in [0.25, 0.3) is 0 Å². The van der Waals surface area contributed by atoms with Gasteiger partial charge < -0.3 is 5.32 Å². The number of halogens is 1. The van der Waals surface area contributed by atoms with Crippen LogP contribution in [-0.4, -0.2) is 30.6 Å². The van der Waals surface area contributed by atoms with Gasteiger partial charge in [0.15, 0.2) is 16.1 Å². The Morgan fingerprint density at radius 2 is 1.93 bits per heavy atom. The third kappa shape index (κ3) is 4.64. The number of amides is 1. The van der Waals surface area contributed by atoms with Gasteiger partial charge in [-0.05, 0) is 36.4 Å². The number of hydrogen-bond donors (Lipinski definition) is 1. The van der Waals surface area contributed by atoms with Crippen LogP contribution in [0.3, 0.4) is 0 Å². The maximum absolute atomic E-state index is 11.2. The predicted octanol–water partition coefficient (Wildman–Crippen LogP) is 4.69. The standard InChI is InChI=1S/C19H15ClN6OS2/c1-12(27)22-18-23-15(10-28-18)11-29-19-25-24-17(13-6-8-21-9-7-13)26(19)16-4-2-14(20)3-5-16/h2-10H,11H2,1H3,(H,22,23,27). The molecule has 146 valence electrons. The van der Waals surface area contributed by atoms with Crippen molar-refractivity contribution in [2.45, 2.75) is 17.8 Å². The summed E-state index contributed by atoms with van der Waals surface area (Å²) in [6.07, 6.45) is 3.45. The zero-order chi connectivity index (χ0) is 20.2. The third-order valence-electron chi connectivity index (χ3n) is 3.84. The molecular formula is C19H15ClN6OS2. The third-order valence-corrected chi connectivity index (χ3v) is 5.86. The highest BCUT2D eigenvalue weighted by molar-refractivity contribution is 7.98. The molecule has 7 nitrogen and oxygen atoms in total. The van der Waals surface area contributed by atoms with E-state index in [-0.39, 0.29) is 5.91 Å². The molecule has 0 bridgehead atoms. The van der Waals surface area contributed by atoms with Gasteiger partial charge in [0.2, 0.25) is 5.91 Å². The van der Waals surface area contributed by atoms with Crippen LogP contribution in [0.5, 0.6) is 0 Å². The van der Waals surface area contributed by atoms with E-state index in [9.17, 15) is 4.79 Å². The highest BCUT2D eigenvalue weighted by Crippen LogP contribution is 2.30. The van der Waals surface area contributed by atoms with Crippen molar-refractivity contribution in [1.82, 2.24) is 24.7 Å². The highest BCUT2D eigenvalue weighted by atomic mass is 35.5. The first-order valence-electron chi connectivity index (χ1n) is 8.56. The monoisotopic (exact) mass is 442 g/mol. The quantitative estimate of drug-likeness (QED) is 0.436. The van der Waals surface area contributed by atoms with Crippen LogP contribution < -0.4 is 5.32 Å². The molecule has 0 saturated heterocycles. The molecular weight excluding hydrogens is 428 g/mol. The van der Waals surface area contributed by atoms with Gasteiger partial charge in [-0.2, -0.15) is 0 Å². The van der Waals surface area contributed by atoms with Gasteiger partial charge in [0.1, 0.15) is 0 Å². The molecule has 3 aromatic heterocycles. The highest BCUT2D eigenvalue weighted by Gasteiger charge is 2.17. The Hall–Kier alpha value is -2.75. The normalized spacial score (nSPS) is 10.8. The van der Waals surface area contributed by atoms with Crippen molar-refractivity contribution in [1.29, 1.82) is 0 Å². The fourth-order valence-corrected chi connectivity index (χ4v) is 4.43. The van der Waals surface area contributed by atoms with Crippen molar-refractivity contribution in [3.05, 3.63) is 64.9 Å². The molecule has 0 radical (unpaired) electrons. The molecule has 0 fully saturated rings. The minimum atomic E-state index is -0.136. The van der Waals surface area contributed by atoms with E-state index in [0.29, 0.717) is 15.9 Å². The van der Waals surface area contributed by atoms with E-state index in [2.05, 4.69) is 25.5 Å². The number of pyridine rings is 1. The van der Waals surface area contributed by atoms with Gasteiger partial charge in [-0.3, -0.25) is 14.3 Å². The lowest BCUT2D eigenvalue weighted by Crippen LogP contribution is -2.05. The smallest absolute Gasteiger partial charge is 0.223 e. The van der Waals surface area contributed by atoms with E-state index in [4.69, 9.17) is 11.6 Å². The maximum atomic E-state index is 11.2. The SMILES string of the molecule is CC(=O)Nc1nc(CSc2nnc(-c3ccncc3)n2-c2ccc(Cl)cc2)cs1. The van der Waals surface area contributed by atoms with Crippen LogP contribution in [0, 0.1) is 0 Å². The van der Waals surface area contributed by atoms with Crippen molar-refractivity contribution in [3.8, 4) is 17.1 Å². The average Bonchev–Trinajstić information content (AvgIpc) is 3.34. The first-order valence-corrected chi connectivity index (χ1v) is 10.8. The van der Waals surface area contributed by atoms with Crippen LogP contribution in [-0.2, 0) is 10.5 Å². The summed E-state index contributed by atoms with van der Waals surface area (Å²) < 4.78 is 1.98. The van der Waals surface area contributed by atoms with Gasteiger partial charge in [0.05, 0.1) is 5.69 Å². The molecule has 3 heterocycles. The van der Waals surface area contributed by atoms with Gasteiger partial charge in [0, 0.05) is 46.7 Å². The number of rotatable bonds is 6. The molecule has 29 heavy (non-hydrogen) atoms. The minimum Gasteiger partial charge on any atom is -0.302 e. The second kappa shape index (κ2) is 8.73. The number of carbonyl (C=O) groups excluding carboxylic acids is 1. The first kappa shape index (κ1) is 19.6. The molecule has 4 rings (SSSR count). The molecule has 0 aliphatic heterocycles. The summed E-state index contributed by atoms with van der Waals surface area (Å²) in [5.74, 6) is 1.18. The van der Waals surface area contributed by atoms with Crippen LogP contribution in [0.4, 0.5) is 5.13 Å². The van der Waals surface area contributed by atoms with Gasteiger partial charge in [-0.1, -0.05) is 23.4 Å². The summed E-state index contributed by atoms with van der Waals surface area (Å²) in [7, 11) is 0. The number of anilines is 1. The minimum absolute atomic E-state index is 0.136. The van der Waals surface area contributed by atoms with Crippen molar-refractivity contribution >= 4 is 45.7 Å². The van der Waals surface area contributed by atoms with Crippen LogP contribution in [0.15, 0.2) is 59.3 Å². The van der Waals surface area contributed by atoms with E-state index in [1.807, 2.05) is 46.3 Å². The summed E-state index contributed by atoms with van der Waals surface area (Å²) in [6, 6.07) is 11.3. The van der Waals surface area contributed by atoms with Crippen molar-refractivity contribution in [2.24, 2.45) is 0 Å². The molecule has 0 aliphatic rings. The lowest BCUT2D eigenvalue weighted by Gasteiger charge is -2.10. The van der Waals surface area contributed by atoms with E-state index in [1.165, 1.54) is 30.0 Å². The van der Waals surface area contributed by atoms with Crippen LogP contribution >= 0.6 is 34.7 Å². The molecule has 1 amide bonds. The Kier molecular flexibility index (Phi) is 5.89.